The first-order chi connectivity index (χ1) is 7.81. The van der Waals surface area contributed by atoms with Gasteiger partial charge < -0.3 is 4.90 Å². The normalized spacial score (nSPS) is 14.8. The second-order valence-corrected chi connectivity index (χ2v) is 4.48. The predicted octanol–water partition coefficient (Wildman–Crippen LogP) is 2.63. The number of rotatable bonds is 5. The average molecular weight is 217 g/mol. The standard InChI is InChI=1S/C14H19NO/c1-2-10-15(13-8-9-13)14(16)11-12-6-4-3-5-7-12/h3-7,13H,2,8-11H2,1H3. The van der Waals surface area contributed by atoms with Gasteiger partial charge in [-0.05, 0) is 24.8 Å². The lowest BCUT2D eigenvalue weighted by atomic mass is 10.1. The van der Waals surface area contributed by atoms with Crippen LogP contribution in [0, 0.1) is 0 Å². The molecule has 1 aromatic rings. The first kappa shape index (κ1) is 11.2. The molecule has 1 aliphatic carbocycles. The first-order valence-electron chi connectivity index (χ1n) is 6.14. The molecule has 1 amide bonds. The summed E-state index contributed by atoms with van der Waals surface area (Å²) in [7, 11) is 0. The van der Waals surface area contributed by atoms with Crippen LogP contribution >= 0.6 is 0 Å². The van der Waals surface area contributed by atoms with Gasteiger partial charge in [0.1, 0.15) is 0 Å². The molecular formula is C14H19NO. The molecule has 0 saturated heterocycles. The Morgan fingerprint density at radius 1 is 1.31 bits per heavy atom. The van der Waals surface area contributed by atoms with Gasteiger partial charge in [-0.2, -0.15) is 0 Å². The van der Waals surface area contributed by atoms with Gasteiger partial charge in [0.2, 0.25) is 5.91 Å². The van der Waals surface area contributed by atoms with Gasteiger partial charge in [0.15, 0.2) is 0 Å². The summed E-state index contributed by atoms with van der Waals surface area (Å²) in [4.78, 5) is 14.2. The van der Waals surface area contributed by atoms with Crippen molar-refractivity contribution >= 4 is 5.91 Å². The largest absolute Gasteiger partial charge is 0.339 e. The van der Waals surface area contributed by atoms with Gasteiger partial charge >= 0.3 is 0 Å². The van der Waals surface area contributed by atoms with Crippen LogP contribution in [0.4, 0.5) is 0 Å². The molecule has 0 unspecified atom stereocenters. The van der Waals surface area contributed by atoms with Gasteiger partial charge in [0.25, 0.3) is 0 Å². The molecule has 0 aromatic heterocycles. The maximum Gasteiger partial charge on any atom is 0.227 e. The van der Waals surface area contributed by atoms with E-state index in [0.29, 0.717) is 12.5 Å². The van der Waals surface area contributed by atoms with Crippen LogP contribution in [0.2, 0.25) is 0 Å². The van der Waals surface area contributed by atoms with Crippen molar-refractivity contribution < 1.29 is 4.79 Å². The van der Waals surface area contributed by atoms with Crippen LogP contribution in [-0.4, -0.2) is 23.4 Å². The molecule has 1 saturated carbocycles. The summed E-state index contributed by atoms with van der Waals surface area (Å²) in [5.41, 5.74) is 1.12. The lowest BCUT2D eigenvalue weighted by Crippen LogP contribution is -2.34. The third-order valence-corrected chi connectivity index (χ3v) is 2.97. The van der Waals surface area contributed by atoms with E-state index in [1.807, 2.05) is 30.3 Å². The zero-order chi connectivity index (χ0) is 11.4. The molecule has 1 aliphatic rings. The number of hydrogen-bond donors (Lipinski definition) is 0. The van der Waals surface area contributed by atoms with E-state index in [1.165, 1.54) is 12.8 Å². The Kier molecular flexibility index (Phi) is 3.60. The Hall–Kier alpha value is -1.31. The van der Waals surface area contributed by atoms with Crippen LogP contribution in [-0.2, 0) is 11.2 Å². The van der Waals surface area contributed by atoms with Crippen LogP contribution in [0.5, 0.6) is 0 Å². The molecule has 1 fully saturated rings. The van der Waals surface area contributed by atoms with E-state index in [0.717, 1.165) is 18.5 Å². The van der Waals surface area contributed by atoms with Crippen molar-refractivity contribution in [1.82, 2.24) is 4.90 Å². The number of amides is 1. The zero-order valence-electron chi connectivity index (χ0n) is 9.86. The third-order valence-electron chi connectivity index (χ3n) is 2.97. The van der Waals surface area contributed by atoms with Gasteiger partial charge in [-0.3, -0.25) is 4.79 Å². The van der Waals surface area contributed by atoms with E-state index >= 15 is 0 Å². The number of carbonyl (C=O) groups is 1. The van der Waals surface area contributed by atoms with E-state index < -0.39 is 0 Å². The Balaban J connectivity index is 1.95. The van der Waals surface area contributed by atoms with E-state index in [1.54, 1.807) is 0 Å². The summed E-state index contributed by atoms with van der Waals surface area (Å²) in [6.07, 6.45) is 4.00. The fourth-order valence-electron chi connectivity index (χ4n) is 2.01. The second-order valence-electron chi connectivity index (χ2n) is 4.48. The highest BCUT2D eigenvalue weighted by atomic mass is 16.2. The number of nitrogens with zero attached hydrogens (tertiary/aromatic N) is 1. The molecule has 0 heterocycles. The van der Waals surface area contributed by atoms with Crippen molar-refractivity contribution in [2.45, 2.75) is 38.6 Å². The van der Waals surface area contributed by atoms with Gasteiger partial charge in [-0.15, -0.1) is 0 Å². The molecule has 2 nitrogen and oxygen atoms in total. The predicted molar refractivity (Wildman–Crippen MR) is 65.2 cm³/mol. The molecule has 0 radical (unpaired) electrons. The number of hydrogen-bond acceptors (Lipinski definition) is 1. The lowest BCUT2D eigenvalue weighted by molar-refractivity contribution is -0.131. The Morgan fingerprint density at radius 3 is 2.56 bits per heavy atom. The van der Waals surface area contributed by atoms with Crippen molar-refractivity contribution in [2.75, 3.05) is 6.54 Å². The number of benzene rings is 1. The molecular weight excluding hydrogens is 198 g/mol. The van der Waals surface area contributed by atoms with Crippen LogP contribution in [0.25, 0.3) is 0 Å². The van der Waals surface area contributed by atoms with Gasteiger partial charge in [-0.25, -0.2) is 0 Å². The lowest BCUT2D eigenvalue weighted by Gasteiger charge is -2.21. The quantitative estimate of drug-likeness (QED) is 0.742. The van der Waals surface area contributed by atoms with Gasteiger partial charge in [-0.1, -0.05) is 37.3 Å². The highest BCUT2D eigenvalue weighted by Crippen LogP contribution is 2.27. The smallest absolute Gasteiger partial charge is 0.227 e. The van der Waals surface area contributed by atoms with Crippen molar-refractivity contribution in [3.05, 3.63) is 35.9 Å². The molecule has 0 atom stereocenters. The molecule has 0 spiro atoms. The molecule has 1 aromatic carbocycles. The Bertz CT molecular complexity index is 343. The summed E-state index contributed by atoms with van der Waals surface area (Å²) in [5.74, 6) is 0.288. The van der Waals surface area contributed by atoms with Crippen molar-refractivity contribution in [1.29, 1.82) is 0 Å². The van der Waals surface area contributed by atoms with E-state index in [-0.39, 0.29) is 5.91 Å². The number of carbonyl (C=O) groups excluding carboxylic acids is 1. The van der Waals surface area contributed by atoms with E-state index in [2.05, 4.69) is 11.8 Å². The minimum absolute atomic E-state index is 0.288. The fourth-order valence-corrected chi connectivity index (χ4v) is 2.01. The van der Waals surface area contributed by atoms with E-state index in [4.69, 9.17) is 0 Å². The summed E-state index contributed by atoms with van der Waals surface area (Å²) >= 11 is 0. The molecule has 2 rings (SSSR count). The summed E-state index contributed by atoms with van der Waals surface area (Å²) in [5, 5.41) is 0. The zero-order valence-corrected chi connectivity index (χ0v) is 9.86. The van der Waals surface area contributed by atoms with Crippen LogP contribution in [0.1, 0.15) is 31.7 Å². The maximum atomic E-state index is 12.1. The summed E-state index contributed by atoms with van der Waals surface area (Å²) in [6, 6.07) is 10.5. The Morgan fingerprint density at radius 2 is 2.00 bits per heavy atom. The van der Waals surface area contributed by atoms with Crippen molar-refractivity contribution in [2.24, 2.45) is 0 Å². The topological polar surface area (TPSA) is 20.3 Å². The molecule has 0 aliphatic heterocycles. The third kappa shape index (κ3) is 2.84. The van der Waals surface area contributed by atoms with Crippen molar-refractivity contribution in [3.63, 3.8) is 0 Å². The van der Waals surface area contributed by atoms with Gasteiger partial charge in [0.05, 0.1) is 6.42 Å². The van der Waals surface area contributed by atoms with E-state index in [9.17, 15) is 4.79 Å². The minimum Gasteiger partial charge on any atom is -0.339 e. The Labute approximate surface area is 97.3 Å². The molecule has 86 valence electrons. The van der Waals surface area contributed by atoms with Crippen molar-refractivity contribution in [3.8, 4) is 0 Å². The average Bonchev–Trinajstić information content (AvgIpc) is 3.11. The fraction of sp³-hybridized carbons (Fsp3) is 0.500. The summed E-state index contributed by atoms with van der Waals surface area (Å²) < 4.78 is 0. The van der Waals surface area contributed by atoms with Crippen LogP contribution in [0.15, 0.2) is 30.3 Å². The molecule has 2 heteroatoms. The highest BCUT2D eigenvalue weighted by Gasteiger charge is 2.31. The molecule has 16 heavy (non-hydrogen) atoms. The van der Waals surface area contributed by atoms with Gasteiger partial charge in [0, 0.05) is 12.6 Å². The maximum absolute atomic E-state index is 12.1. The SMILES string of the molecule is CCCN(C(=O)Cc1ccccc1)C1CC1. The minimum atomic E-state index is 0.288. The second kappa shape index (κ2) is 5.15. The molecule has 0 N–H and O–H groups in total. The monoisotopic (exact) mass is 217 g/mol. The van der Waals surface area contributed by atoms with Crippen LogP contribution < -0.4 is 0 Å². The first-order valence-corrected chi connectivity index (χ1v) is 6.14. The highest BCUT2D eigenvalue weighted by molar-refractivity contribution is 5.79. The van der Waals surface area contributed by atoms with Crippen LogP contribution in [0.3, 0.4) is 0 Å². The summed E-state index contributed by atoms with van der Waals surface area (Å²) in [6.45, 7) is 3.04. The molecule has 0 bridgehead atoms.